The van der Waals surface area contributed by atoms with E-state index in [0.29, 0.717) is 6.54 Å². The number of carbonyl (C=O) groups is 1. The van der Waals surface area contributed by atoms with Crippen molar-refractivity contribution in [3.05, 3.63) is 54.1 Å². The normalized spacial score (nSPS) is 10.8. The van der Waals surface area contributed by atoms with E-state index in [1.165, 1.54) is 0 Å². The van der Waals surface area contributed by atoms with Gasteiger partial charge >= 0.3 is 5.97 Å². The Balaban J connectivity index is 2.28. The van der Waals surface area contributed by atoms with E-state index in [4.69, 9.17) is 9.84 Å². The summed E-state index contributed by atoms with van der Waals surface area (Å²) in [6, 6.07) is 5.54. The van der Waals surface area contributed by atoms with Gasteiger partial charge in [-0.3, -0.25) is 0 Å². The van der Waals surface area contributed by atoms with Crippen LogP contribution < -0.4 is 4.74 Å². The summed E-state index contributed by atoms with van der Waals surface area (Å²) in [5.41, 5.74) is 1.78. The van der Waals surface area contributed by atoms with E-state index in [0.717, 1.165) is 23.0 Å². The third-order valence-corrected chi connectivity index (χ3v) is 2.63. The Morgan fingerprint density at radius 1 is 1.53 bits per heavy atom. The number of aromatic nitrogens is 2. The fourth-order valence-corrected chi connectivity index (χ4v) is 1.77. The third kappa shape index (κ3) is 3.45. The molecule has 0 spiro atoms. The Hall–Kier alpha value is -2.56. The molecule has 98 valence electrons. The summed E-state index contributed by atoms with van der Waals surface area (Å²) in [6.45, 7) is 0.623. The highest BCUT2D eigenvalue weighted by molar-refractivity contribution is 5.85. The van der Waals surface area contributed by atoms with Gasteiger partial charge in [0.1, 0.15) is 5.75 Å². The van der Waals surface area contributed by atoms with Crippen molar-refractivity contribution in [3.8, 4) is 5.75 Å². The number of rotatable bonds is 5. The molecule has 0 aliphatic carbocycles. The van der Waals surface area contributed by atoms with Crippen LogP contribution in [-0.4, -0.2) is 27.7 Å². The number of carboxylic acid groups (broad SMARTS) is 1. The van der Waals surface area contributed by atoms with E-state index < -0.39 is 5.97 Å². The van der Waals surface area contributed by atoms with Crippen LogP contribution in [0.5, 0.6) is 5.75 Å². The molecule has 0 saturated heterocycles. The highest BCUT2D eigenvalue weighted by Crippen LogP contribution is 2.21. The van der Waals surface area contributed by atoms with Crippen LogP contribution in [0.4, 0.5) is 0 Å². The van der Waals surface area contributed by atoms with Crippen LogP contribution in [0.1, 0.15) is 11.1 Å². The maximum Gasteiger partial charge on any atom is 0.328 e. The monoisotopic (exact) mass is 258 g/mol. The third-order valence-electron chi connectivity index (χ3n) is 2.63. The molecule has 0 saturated carbocycles. The minimum atomic E-state index is -0.966. The molecule has 0 amide bonds. The molecule has 0 bridgehead atoms. The summed E-state index contributed by atoms with van der Waals surface area (Å²) in [6.07, 6.45) is 7.96. The molecule has 5 nitrogen and oxygen atoms in total. The van der Waals surface area contributed by atoms with Crippen molar-refractivity contribution < 1.29 is 14.6 Å². The van der Waals surface area contributed by atoms with Crippen molar-refractivity contribution in [2.45, 2.75) is 6.54 Å². The van der Waals surface area contributed by atoms with Crippen LogP contribution in [0.25, 0.3) is 6.08 Å². The van der Waals surface area contributed by atoms with Gasteiger partial charge in [-0.1, -0.05) is 6.07 Å². The summed E-state index contributed by atoms with van der Waals surface area (Å²) in [5.74, 6) is -0.201. The average molecular weight is 258 g/mol. The molecule has 1 aromatic carbocycles. The summed E-state index contributed by atoms with van der Waals surface area (Å²) < 4.78 is 7.22. The first kappa shape index (κ1) is 12.9. The lowest BCUT2D eigenvalue weighted by Gasteiger charge is -2.10. The van der Waals surface area contributed by atoms with Crippen LogP contribution in [0.3, 0.4) is 0 Å². The first-order valence-corrected chi connectivity index (χ1v) is 5.72. The number of methoxy groups -OCH3 is 1. The number of carboxylic acids is 1. The van der Waals surface area contributed by atoms with Gasteiger partial charge < -0.3 is 14.4 Å². The van der Waals surface area contributed by atoms with Crippen molar-refractivity contribution in [1.29, 1.82) is 0 Å². The van der Waals surface area contributed by atoms with Crippen LogP contribution in [-0.2, 0) is 11.3 Å². The minimum absolute atomic E-state index is 0.623. The molecule has 2 aromatic rings. The Morgan fingerprint density at radius 3 is 3.00 bits per heavy atom. The smallest absolute Gasteiger partial charge is 0.328 e. The molecule has 0 fully saturated rings. The molecule has 19 heavy (non-hydrogen) atoms. The maximum absolute atomic E-state index is 10.5. The topological polar surface area (TPSA) is 64.3 Å². The van der Waals surface area contributed by atoms with Gasteiger partial charge in [0.15, 0.2) is 0 Å². The molecule has 1 N–H and O–H groups in total. The van der Waals surface area contributed by atoms with Gasteiger partial charge in [-0.15, -0.1) is 0 Å². The van der Waals surface area contributed by atoms with Gasteiger partial charge in [-0.05, 0) is 23.8 Å². The Morgan fingerprint density at radius 2 is 2.37 bits per heavy atom. The molecule has 1 heterocycles. The van der Waals surface area contributed by atoms with E-state index in [1.807, 2.05) is 29.0 Å². The Kier molecular flexibility index (Phi) is 3.97. The second-order valence-corrected chi connectivity index (χ2v) is 3.98. The van der Waals surface area contributed by atoms with Gasteiger partial charge in [0.05, 0.1) is 20.0 Å². The number of ether oxygens (including phenoxy) is 1. The molecule has 0 aliphatic rings. The lowest BCUT2D eigenvalue weighted by molar-refractivity contribution is -0.131. The lowest BCUT2D eigenvalue weighted by Crippen LogP contribution is -2.00. The maximum atomic E-state index is 10.5. The van der Waals surface area contributed by atoms with E-state index in [1.54, 1.807) is 25.7 Å². The Labute approximate surface area is 110 Å². The summed E-state index contributed by atoms with van der Waals surface area (Å²) in [4.78, 5) is 14.5. The summed E-state index contributed by atoms with van der Waals surface area (Å²) >= 11 is 0. The van der Waals surface area contributed by atoms with Gasteiger partial charge in [0.25, 0.3) is 0 Å². The predicted octanol–water partition coefficient (Wildman–Crippen LogP) is 2.04. The van der Waals surface area contributed by atoms with Gasteiger partial charge in [-0.25, -0.2) is 9.78 Å². The second-order valence-electron chi connectivity index (χ2n) is 3.98. The molecule has 5 heteroatoms. The molecule has 2 rings (SSSR count). The number of aliphatic carboxylic acids is 1. The number of imidazole rings is 1. The van der Waals surface area contributed by atoms with Gasteiger partial charge in [0, 0.05) is 24.0 Å². The number of hydrogen-bond acceptors (Lipinski definition) is 3. The second kappa shape index (κ2) is 5.86. The number of hydrogen-bond donors (Lipinski definition) is 1. The first-order valence-electron chi connectivity index (χ1n) is 5.72. The first-order chi connectivity index (χ1) is 9.19. The highest BCUT2D eigenvalue weighted by atomic mass is 16.5. The zero-order valence-corrected chi connectivity index (χ0v) is 10.5. The lowest BCUT2D eigenvalue weighted by atomic mass is 10.1. The molecule has 0 unspecified atom stereocenters. The number of nitrogens with zero attached hydrogens (tertiary/aromatic N) is 2. The van der Waals surface area contributed by atoms with Crippen molar-refractivity contribution >= 4 is 12.0 Å². The highest BCUT2D eigenvalue weighted by Gasteiger charge is 2.04. The Bertz CT molecular complexity index is 589. The van der Waals surface area contributed by atoms with Crippen LogP contribution >= 0.6 is 0 Å². The zero-order valence-electron chi connectivity index (χ0n) is 10.5. The van der Waals surface area contributed by atoms with Crippen LogP contribution in [0.15, 0.2) is 43.0 Å². The van der Waals surface area contributed by atoms with Crippen molar-refractivity contribution in [3.63, 3.8) is 0 Å². The van der Waals surface area contributed by atoms with Crippen molar-refractivity contribution in [2.24, 2.45) is 0 Å². The molecule has 0 aliphatic heterocycles. The van der Waals surface area contributed by atoms with E-state index in [2.05, 4.69) is 4.98 Å². The summed E-state index contributed by atoms with van der Waals surface area (Å²) in [5, 5.41) is 8.63. The predicted molar refractivity (Wildman–Crippen MR) is 71.0 cm³/mol. The van der Waals surface area contributed by atoms with Crippen molar-refractivity contribution in [2.75, 3.05) is 7.11 Å². The molecule has 0 atom stereocenters. The van der Waals surface area contributed by atoms with E-state index >= 15 is 0 Å². The van der Waals surface area contributed by atoms with Crippen molar-refractivity contribution in [1.82, 2.24) is 9.55 Å². The molecular formula is C14H14N2O3. The molecule has 1 aromatic heterocycles. The quantitative estimate of drug-likeness (QED) is 0.833. The standard InChI is InChI=1S/C14H14N2O3/c1-19-13-4-2-11(3-5-14(17)18)8-12(13)9-16-7-6-15-10-16/h2-8,10H,9H2,1H3,(H,17,18)/b5-3+. The molecule has 0 radical (unpaired) electrons. The summed E-state index contributed by atoms with van der Waals surface area (Å²) in [7, 11) is 1.61. The van der Waals surface area contributed by atoms with Crippen LogP contribution in [0.2, 0.25) is 0 Å². The average Bonchev–Trinajstić information content (AvgIpc) is 2.89. The van der Waals surface area contributed by atoms with Gasteiger partial charge in [0.2, 0.25) is 0 Å². The minimum Gasteiger partial charge on any atom is -0.496 e. The van der Waals surface area contributed by atoms with E-state index in [-0.39, 0.29) is 0 Å². The zero-order chi connectivity index (χ0) is 13.7. The van der Waals surface area contributed by atoms with Gasteiger partial charge in [-0.2, -0.15) is 0 Å². The fraction of sp³-hybridized carbons (Fsp3) is 0.143. The fourth-order valence-electron chi connectivity index (χ4n) is 1.77. The number of benzene rings is 1. The van der Waals surface area contributed by atoms with Crippen LogP contribution in [0, 0.1) is 0 Å². The van der Waals surface area contributed by atoms with E-state index in [9.17, 15) is 4.79 Å². The largest absolute Gasteiger partial charge is 0.496 e. The molecular weight excluding hydrogens is 244 g/mol. The SMILES string of the molecule is COc1ccc(/C=C/C(=O)O)cc1Cn1ccnc1.